The monoisotopic (exact) mass is 748 g/mol. The average Bonchev–Trinajstić information content (AvgIpc) is 3.77. The third kappa shape index (κ3) is 4.97. The predicted molar refractivity (Wildman–Crippen MR) is 220 cm³/mol. The number of Topliss-reactive ketones (excluding diaryl/α,β-unsaturated/α-hetero) is 1. The Morgan fingerprint density at radius 3 is 2.44 bits per heavy atom. The number of hydrogen-bond acceptors (Lipinski definition) is 5. The highest BCUT2D eigenvalue weighted by Crippen LogP contribution is 2.71. The Labute approximate surface area is 328 Å². The summed E-state index contributed by atoms with van der Waals surface area (Å²) in [6.45, 7) is 29.3. The maximum atomic E-state index is 15.0. The molecule has 7 nitrogen and oxygen atoms in total. The van der Waals surface area contributed by atoms with E-state index in [4.69, 9.17) is 4.74 Å². The minimum atomic E-state index is -0.852. The number of ketones is 1. The van der Waals surface area contributed by atoms with Gasteiger partial charge in [-0.15, -0.1) is 0 Å². The molecule has 0 saturated heterocycles. The van der Waals surface area contributed by atoms with E-state index in [0.717, 1.165) is 71.8 Å². The maximum Gasteiger partial charge on any atom is 0.249 e. The number of allylic oxidation sites excluding steroid dienone is 3. The largest absolute Gasteiger partial charge is 0.392 e. The van der Waals surface area contributed by atoms with Crippen LogP contribution in [-0.2, 0) is 21.4 Å². The minimum absolute atomic E-state index is 0.0390. The molecule has 6 aliphatic rings. The van der Waals surface area contributed by atoms with Crippen LogP contribution in [0.5, 0.6) is 0 Å². The average molecular weight is 749 g/mol. The highest BCUT2D eigenvalue weighted by molar-refractivity contribution is 6.18. The van der Waals surface area contributed by atoms with E-state index >= 15 is 0 Å². The van der Waals surface area contributed by atoms with Gasteiger partial charge in [0.15, 0.2) is 5.78 Å². The number of rotatable bonds is 7. The van der Waals surface area contributed by atoms with Crippen LogP contribution in [0.2, 0.25) is 0 Å². The molecule has 1 amide bonds. The van der Waals surface area contributed by atoms with Crippen molar-refractivity contribution < 1.29 is 24.5 Å². The topological polar surface area (TPSA) is 92.0 Å². The van der Waals surface area contributed by atoms with Gasteiger partial charge in [0.1, 0.15) is 6.04 Å². The number of aliphatic hydroxyl groups is 2. The lowest BCUT2D eigenvalue weighted by atomic mass is 9.40. The van der Waals surface area contributed by atoms with Crippen LogP contribution in [0.25, 0.3) is 16.5 Å². The van der Waals surface area contributed by atoms with E-state index in [2.05, 4.69) is 84.8 Å². The van der Waals surface area contributed by atoms with Crippen molar-refractivity contribution in [3.63, 3.8) is 0 Å². The fourth-order valence-electron chi connectivity index (χ4n) is 13.5. The van der Waals surface area contributed by atoms with Crippen molar-refractivity contribution in [2.75, 3.05) is 13.1 Å². The molecular weight excluding hydrogens is 685 g/mol. The number of amides is 1. The molecule has 2 aliphatic heterocycles. The van der Waals surface area contributed by atoms with Gasteiger partial charge in [-0.25, -0.2) is 0 Å². The fraction of sp³-hybridized carbons (Fsp3) is 0.625. The number of likely N-dealkylation sites (N-methyl/N-ethyl adjacent to an activating group) is 1. The second kappa shape index (κ2) is 12.4. The smallest absolute Gasteiger partial charge is 0.249 e. The summed E-state index contributed by atoms with van der Waals surface area (Å²) in [5, 5.41) is 25.3. The summed E-state index contributed by atoms with van der Waals surface area (Å²) in [5.74, 6) is 0.407. The second-order valence-corrected chi connectivity index (χ2v) is 19.9. The number of carbonyl (C=O) groups excluding carboxylic acids is 2. The van der Waals surface area contributed by atoms with Gasteiger partial charge in [0.2, 0.25) is 5.91 Å². The normalized spacial score (nSPS) is 36.7. The molecule has 8 rings (SSSR count). The first-order valence-electron chi connectivity index (χ1n) is 21.1. The van der Waals surface area contributed by atoms with Gasteiger partial charge in [-0.2, -0.15) is 0 Å². The number of fused-ring (bicyclic) bond motifs is 11. The van der Waals surface area contributed by atoms with Gasteiger partial charge < -0.3 is 24.4 Å². The molecule has 9 atom stereocenters. The van der Waals surface area contributed by atoms with E-state index in [1.807, 2.05) is 37.8 Å². The first-order chi connectivity index (χ1) is 25.7. The molecule has 296 valence electrons. The zero-order chi connectivity index (χ0) is 39.9. The first-order valence-corrected chi connectivity index (χ1v) is 21.1. The Kier molecular flexibility index (Phi) is 8.68. The van der Waals surface area contributed by atoms with Crippen LogP contribution in [-0.4, -0.2) is 61.8 Å². The number of benzene rings is 1. The van der Waals surface area contributed by atoms with Gasteiger partial charge in [0.05, 0.1) is 34.5 Å². The standard InChI is InChI=1S/C48H64N2O5/c1-13-22-49(14-2)43(54)27(5)16-15-20-46(10)33-18-17-28-23-31-30-24-29-32-25-44(6,7)55-45(8,9)37(32)40(52)35(29)36-39(30)50(38(26(3)4)41(36)53)42(31)48(28,12)47(33,11)21-19-34(46)51/h15-16,20,24-25,28,33-34,37-38,40,51-52H,3,13-14,17-19,21-23H2,1-2,4-12H3/b20-15+,27-16+/t28-,33-,34-,37+,38-,40+,46-,47-,48+/m0/s1. The lowest BCUT2D eigenvalue weighted by molar-refractivity contribution is -0.144. The minimum Gasteiger partial charge on any atom is -0.392 e. The Hall–Kier alpha value is -3.26. The van der Waals surface area contributed by atoms with Crippen molar-refractivity contribution in [1.29, 1.82) is 0 Å². The molecule has 2 N–H and O–H groups in total. The van der Waals surface area contributed by atoms with Crippen molar-refractivity contribution in [2.24, 2.45) is 28.6 Å². The molecule has 0 unspecified atom stereocenters. The zero-order valence-electron chi connectivity index (χ0n) is 35.2. The summed E-state index contributed by atoms with van der Waals surface area (Å²) < 4.78 is 8.93. The van der Waals surface area contributed by atoms with E-state index in [1.165, 1.54) is 11.3 Å². The number of nitrogens with zero attached hydrogens (tertiary/aromatic N) is 2. The number of aromatic nitrogens is 1. The van der Waals surface area contributed by atoms with Crippen molar-refractivity contribution in [3.8, 4) is 0 Å². The molecule has 0 spiro atoms. The summed E-state index contributed by atoms with van der Waals surface area (Å²) in [4.78, 5) is 30.1. The van der Waals surface area contributed by atoms with Crippen molar-refractivity contribution in [1.82, 2.24) is 9.47 Å². The molecule has 0 radical (unpaired) electrons. The first kappa shape index (κ1) is 38.6. The molecule has 1 aromatic carbocycles. The van der Waals surface area contributed by atoms with E-state index < -0.39 is 34.9 Å². The van der Waals surface area contributed by atoms with Gasteiger partial charge in [-0.05, 0) is 133 Å². The van der Waals surface area contributed by atoms with E-state index in [-0.39, 0.29) is 34.4 Å². The third-order valence-corrected chi connectivity index (χ3v) is 15.9. The van der Waals surface area contributed by atoms with Crippen LogP contribution in [0.15, 0.2) is 48.1 Å². The molecule has 2 fully saturated rings. The molecule has 2 saturated carbocycles. The van der Waals surface area contributed by atoms with Gasteiger partial charge >= 0.3 is 0 Å². The molecule has 2 aromatic rings. The molecule has 4 aliphatic carbocycles. The number of ether oxygens (including phenoxy) is 1. The van der Waals surface area contributed by atoms with Crippen LogP contribution < -0.4 is 0 Å². The predicted octanol–water partition coefficient (Wildman–Crippen LogP) is 9.36. The summed E-state index contributed by atoms with van der Waals surface area (Å²) in [7, 11) is 0. The van der Waals surface area contributed by atoms with Gasteiger partial charge in [0, 0.05) is 52.1 Å². The van der Waals surface area contributed by atoms with Crippen molar-refractivity contribution >= 4 is 28.2 Å². The summed E-state index contributed by atoms with van der Waals surface area (Å²) in [6.07, 6.45) is 12.5. The van der Waals surface area contributed by atoms with E-state index in [0.29, 0.717) is 30.0 Å². The second-order valence-electron chi connectivity index (χ2n) is 19.9. The Bertz CT molecular complexity index is 2130. The quantitative estimate of drug-likeness (QED) is 0.167. The molecular formula is C48H64N2O5. The number of aliphatic hydroxyl groups excluding tert-OH is 2. The Morgan fingerprint density at radius 1 is 1.07 bits per heavy atom. The highest BCUT2D eigenvalue weighted by atomic mass is 16.5. The van der Waals surface area contributed by atoms with Gasteiger partial charge in [-0.1, -0.05) is 58.1 Å². The van der Waals surface area contributed by atoms with Gasteiger partial charge in [-0.3, -0.25) is 9.59 Å². The highest BCUT2D eigenvalue weighted by Gasteiger charge is 2.67. The Balaban J connectivity index is 1.28. The molecule has 0 bridgehead atoms. The summed E-state index contributed by atoms with van der Waals surface area (Å²) in [5.41, 5.74) is 6.55. The van der Waals surface area contributed by atoms with Crippen LogP contribution in [0.1, 0.15) is 153 Å². The lowest BCUT2D eigenvalue weighted by Gasteiger charge is -2.64. The number of carbonyl (C=O) groups is 2. The Morgan fingerprint density at radius 2 is 1.78 bits per heavy atom. The maximum absolute atomic E-state index is 15.0. The van der Waals surface area contributed by atoms with E-state index in [9.17, 15) is 19.8 Å². The van der Waals surface area contributed by atoms with Crippen LogP contribution in [0.3, 0.4) is 0 Å². The zero-order valence-corrected chi connectivity index (χ0v) is 35.2. The molecule has 55 heavy (non-hydrogen) atoms. The van der Waals surface area contributed by atoms with E-state index in [1.54, 1.807) is 0 Å². The SMILES string of the molecule is C=C(C)[C@H]1C(=O)c2c3c(cc4c5c(n1c24)[C@@]1(C)[C@@H](CC[C@H]2[C@](C)(/C=C/C=C(\C)C(=O)N(CC)CCC)[C@@H](O)CC[C@@]21C)C5)C1=CC(C)(C)OC(C)(C)[C@H]1[C@@H]3O. The molecule has 7 heteroatoms. The van der Waals surface area contributed by atoms with Crippen molar-refractivity contribution in [3.05, 3.63) is 76.0 Å². The third-order valence-electron chi connectivity index (χ3n) is 15.9. The fourth-order valence-corrected chi connectivity index (χ4v) is 13.5. The molecule has 3 heterocycles. The van der Waals surface area contributed by atoms with Crippen LogP contribution in [0, 0.1) is 28.6 Å². The molecule has 1 aromatic heterocycles. The van der Waals surface area contributed by atoms with Gasteiger partial charge in [0.25, 0.3) is 0 Å². The van der Waals surface area contributed by atoms with Crippen LogP contribution in [0.4, 0.5) is 0 Å². The van der Waals surface area contributed by atoms with Crippen LogP contribution >= 0.6 is 0 Å². The number of hydrogen-bond donors (Lipinski definition) is 2. The van der Waals surface area contributed by atoms with Crippen molar-refractivity contribution in [2.45, 2.75) is 150 Å². The summed E-state index contributed by atoms with van der Waals surface area (Å²) >= 11 is 0. The lowest BCUT2D eigenvalue weighted by Crippen LogP contribution is -2.62. The summed E-state index contributed by atoms with van der Waals surface area (Å²) in [6, 6.07) is 1.79.